The summed E-state index contributed by atoms with van der Waals surface area (Å²) in [7, 11) is 0. The fourth-order valence-corrected chi connectivity index (χ4v) is 4.37. The minimum absolute atomic E-state index is 0.130. The topological polar surface area (TPSA) is 29.1 Å². The zero-order valence-corrected chi connectivity index (χ0v) is 14.3. The first kappa shape index (κ1) is 15.3. The summed E-state index contributed by atoms with van der Waals surface area (Å²) in [6, 6.07) is 19.1. The second kappa shape index (κ2) is 5.80. The Labute approximate surface area is 151 Å². The van der Waals surface area contributed by atoms with Gasteiger partial charge in [0.2, 0.25) is 0 Å². The summed E-state index contributed by atoms with van der Waals surface area (Å²) >= 11 is 0. The monoisotopic (exact) mass is 343 g/mol. The highest BCUT2D eigenvalue weighted by atomic mass is 19.1. The van der Waals surface area contributed by atoms with E-state index in [2.05, 4.69) is 23.5 Å². The maximum Gasteiger partial charge on any atom is 0.161 e. The number of benzene rings is 3. The zero-order valence-electron chi connectivity index (χ0n) is 14.3. The number of anilines is 1. The van der Waals surface area contributed by atoms with Crippen LogP contribution in [0.2, 0.25) is 0 Å². The van der Waals surface area contributed by atoms with Crippen LogP contribution in [0.25, 0.3) is 10.8 Å². The van der Waals surface area contributed by atoms with Crippen molar-refractivity contribution in [3.63, 3.8) is 0 Å². The molecule has 1 N–H and O–H groups in total. The summed E-state index contributed by atoms with van der Waals surface area (Å²) < 4.78 is 14.8. The van der Waals surface area contributed by atoms with Crippen molar-refractivity contribution in [1.29, 1.82) is 0 Å². The van der Waals surface area contributed by atoms with Crippen LogP contribution < -0.4 is 5.32 Å². The van der Waals surface area contributed by atoms with Crippen molar-refractivity contribution in [2.45, 2.75) is 25.2 Å². The molecule has 128 valence electrons. The van der Waals surface area contributed by atoms with Gasteiger partial charge in [-0.3, -0.25) is 4.79 Å². The first-order valence-corrected chi connectivity index (χ1v) is 9.03. The lowest BCUT2D eigenvalue weighted by Crippen LogP contribution is -2.27. The lowest BCUT2D eigenvalue weighted by molar-refractivity contribution is -0.116. The van der Waals surface area contributed by atoms with Gasteiger partial charge in [0.15, 0.2) is 5.78 Å². The second-order valence-corrected chi connectivity index (χ2v) is 7.00. The third-order valence-corrected chi connectivity index (χ3v) is 5.51. The molecule has 0 saturated heterocycles. The van der Waals surface area contributed by atoms with Crippen LogP contribution in [0.1, 0.15) is 36.3 Å². The van der Waals surface area contributed by atoms with Crippen LogP contribution in [0.3, 0.4) is 0 Å². The van der Waals surface area contributed by atoms with Crippen LogP contribution in [-0.2, 0) is 4.79 Å². The molecule has 26 heavy (non-hydrogen) atoms. The lowest BCUT2D eigenvalue weighted by Gasteiger charge is -2.35. The van der Waals surface area contributed by atoms with Gasteiger partial charge in [-0.15, -0.1) is 0 Å². The van der Waals surface area contributed by atoms with Gasteiger partial charge in [-0.2, -0.15) is 0 Å². The van der Waals surface area contributed by atoms with Crippen molar-refractivity contribution < 1.29 is 9.18 Å². The van der Waals surface area contributed by atoms with Crippen molar-refractivity contribution >= 4 is 22.2 Å². The van der Waals surface area contributed by atoms with Gasteiger partial charge in [0, 0.05) is 34.9 Å². The Morgan fingerprint density at radius 1 is 0.923 bits per heavy atom. The highest BCUT2D eigenvalue weighted by Crippen LogP contribution is 2.48. The number of carbonyl (C=O) groups is 1. The van der Waals surface area contributed by atoms with Crippen molar-refractivity contribution in [2.24, 2.45) is 0 Å². The standard InChI is InChI=1S/C23H18FNO/c24-17-9-4-3-8-16(17)22-21-15-7-2-1-6-14(15)12-13-19(21)25-18-10-5-11-20(26)23(18)22/h1-4,6-9,12-13,22,25H,5,10-11H2. The highest BCUT2D eigenvalue weighted by Gasteiger charge is 2.37. The van der Waals surface area contributed by atoms with E-state index < -0.39 is 0 Å². The molecular weight excluding hydrogens is 325 g/mol. The van der Waals surface area contributed by atoms with Crippen LogP contribution in [-0.4, -0.2) is 5.78 Å². The summed E-state index contributed by atoms with van der Waals surface area (Å²) in [6.07, 6.45) is 2.21. The first-order chi connectivity index (χ1) is 12.7. The van der Waals surface area contributed by atoms with Crippen molar-refractivity contribution in [3.8, 4) is 0 Å². The smallest absolute Gasteiger partial charge is 0.161 e. The molecule has 3 aromatic carbocycles. The number of rotatable bonds is 1. The van der Waals surface area contributed by atoms with Gasteiger partial charge in [0.1, 0.15) is 5.82 Å². The minimum atomic E-state index is -0.360. The third kappa shape index (κ3) is 2.20. The Hall–Kier alpha value is -2.94. The molecule has 2 nitrogen and oxygen atoms in total. The largest absolute Gasteiger partial charge is 0.358 e. The molecule has 0 saturated carbocycles. The predicted molar refractivity (Wildman–Crippen MR) is 102 cm³/mol. The number of Topliss-reactive ketones (excluding diaryl/α,β-unsaturated/α-hetero) is 1. The maximum absolute atomic E-state index is 14.8. The summed E-state index contributed by atoms with van der Waals surface area (Å²) in [4.78, 5) is 12.8. The molecule has 5 rings (SSSR count). The first-order valence-electron chi connectivity index (χ1n) is 9.03. The van der Waals surface area contributed by atoms with Gasteiger partial charge >= 0.3 is 0 Å². The quantitative estimate of drug-likeness (QED) is 0.628. The van der Waals surface area contributed by atoms with E-state index in [1.165, 1.54) is 6.07 Å². The molecule has 2 aliphatic rings. The predicted octanol–water partition coefficient (Wildman–Crippen LogP) is 5.54. The highest BCUT2D eigenvalue weighted by molar-refractivity contribution is 6.04. The van der Waals surface area contributed by atoms with E-state index in [-0.39, 0.29) is 17.5 Å². The second-order valence-electron chi connectivity index (χ2n) is 7.00. The van der Waals surface area contributed by atoms with Crippen LogP contribution in [0, 0.1) is 5.82 Å². The van der Waals surface area contributed by atoms with Gasteiger partial charge < -0.3 is 5.32 Å². The van der Waals surface area contributed by atoms with E-state index >= 15 is 0 Å². The maximum atomic E-state index is 14.8. The molecule has 1 heterocycles. The number of allylic oxidation sites excluding steroid dienone is 2. The molecule has 0 aromatic heterocycles. The Bertz CT molecular complexity index is 1080. The Morgan fingerprint density at radius 2 is 1.73 bits per heavy atom. The van der Waals surface area contributed by atoms with Gasteiger partial charge in [0.05, 0.1) is 0 Å². The molecule has 0 radical (unpaired) electrons. The molecule has 1 aliphatic carbocycles. The lowest BCUT2D eigenvalue weighted by atomic mass is 9.74. The SMILES string of the molecule is O=C1CCCC2=C1C(c1ccccc1F)c1c(ccc3ccccc13)N2. The summed E-state index contributed by atoms with van der Waals surface area (Å²) in [5.74, 6) is -0.490. The molecule has 3 heteroatoms. The van der Waals surface area contributed by atoms with E-state index in [9.17, 15) is 9.18 Å². The average Bonchev–Trinajstić information content (AvgIpc) is 2.67. The van der Waals surface area contributed by atoms with Gasteiger partial charge in [-0.25, -0.2) is 4.39 Å². The van der Waals surface area contributed by atoms with Crippen LogP contribution in [0.15, 0.2) is 71.9 Å². The molecule has 0 bridgehead atoms. The van der Waals surface area contributed by atoms with Crippen molar-refractivity contribution in [2.75, 3.05) is 5.32 Å². The average molecular weight is 343 g/mol. The van der Waals surface area contributed by atoms with Gasteiger partial charge in [-0.1, -0.05) is 48.5 Å². The fourth-order valence-electron chi connectivity index (χ4n) is 4.37. The Kier molecular flexibility index (Phi) is 3.42. The number of halogens is 1. The van der Waals surface area contributed by atoms with Crippen LogP contribution in [0.5, 0.6) is 0 Å². The Balaban J connectivity index is 1.87. The molecular formula is C23H18FNO. The molecule has 0 fully saturated rings. The Morgan fingerprint density at radius 3 is 2.62 bits per heavy atom. The molecule has 0 spiro atoms. The number of ketones is 1. The number of nitrogens with one attached hydrogen (secondary N) is 1. The fraction of sp³-hybridized carbons (Fsp3) is 0.174. The van der Waals surface area contributed by atoms with Crippen LogP contribution in [0.4, 0.5) is 10.1 Å². The number of hydrogen-bond donors (Lipinski definition) is 1. The molecule has 3 aromatic rings. The molecule has 1 atom stereocenters. The summed E-state index contributed by atoms with van der Waals surface area (Å²) in [5.41, 5.74) is 4.25. The normalized spacial score (nSPS) is 19.1. The molecule has 1 aliphatic heterocycles. The van der Waals surface area contributed by atoms with E-state index in [1.54, 1.807) is 6.07 Å². The number of fused-ring (bicyclic) bond motifs is 3. The van der Waals surface area contributed by atoms with E-state index in [0.717, 1.165) is 46.1 Å². The van der Waals surface area contributed by atoms with Gasteiger partial charge in [-0.05, 0) is 41.3 Å². The number of carbonyl (C=O) groups excluding carboxylic acids is 1. The summed E-state index contributed by atoms with van der Waals surface area (Å²) in [5, 5.41) is 5.64. The van der Waals surface area contributed by atoms with E-state index in [4.69, 9.17) is 0 Å². The van der Waals surface area contributed by atoms with Crippen molar-refractivity contribution in [3.05, 3.63) is 88.9 Å². The zero-order chi connectivity index (χ0) is 17.7. The third-order valence-electron chi connectivity index (χ3n) is 5.51. The van der Waals surface area contributed by atoms with E-state index in [0.29, 0.717) is 12.0 Å². The van der Waals surface area contributed by atoms with Gasteiger partial charge in [0.25, 0.3) is 0 Å². The van der Waals surface area contributed by atoms with Crippen molar-refractivity contribution in [1.82, 2.24) is 0 Å². The van der Waals surface area contributed by atoms with Crippen LogP contribution >= 0.6 is 0 Å². The van der Waals surface area contributed by atoms with E-state index in [1.807, 2.05) is 30.3 Å². The molecule has 0 amide bonds. The molecule has 1 unspecified atom stereocenters. The number of hydrogen-bond acceptors (Lipinski definition) is 2. The summed E-state index contributed by atoms with van der Waals surface area (Å²) in [6.45, 7) is 0. The minimum Gasteiger partial charge on any atom is -0.358 e.